The third-order valence-corrected chi connectivity index (χ3v) is 9.25. The number of carbonyl (C=O) groups is 3. The number of rotatable bonds is 1. The summed E-state index contributed by atoms with van der Waals surface area (Å²) in [7, 11) is 0. The lowest BCUT2D eigenvalue weighted by Crippen LogP contribution is -2.67. The third-order valence-electron chi connectivity index (χ3n) is 9.25. The van der Waals surface area contributed by atoms with E-state index in [0.29, 0.717) is 25.2 Å². The first-order chi connectivity index (χ1) is 12.0. The third kappa shape index (κ3) is 2.08. The van der Waals surface area contributed by atoms with Crippen LogP contribution < -0.4 is 0 Å². The highest BCUT2D eigenvalue weighted by Gasteiger charge is 2.69. The van der Waals surface area contributed by atoms with Gasteiger partial charge in [-0.05, 0) is 55.8 Å². The number of hydrogen-bond donors (Lipinski definition) is 1. The molecule has 0 amide bonds. The van der Waals surface area contributed by atoms with Crippen molar-refractivity contribution in [1.82, 2.24) is 0 Å². The van der Waals surface area contributed by atoms with E-state index in [1.807, 2.05) is 0 Å². The van der Waals surface area contributed by atoms with Gasteiger partial charge < -0.3 is 5.11 Å². The van der Waals surface area contributed by atoms with Crippen LogP contribution in [0.2, 0.25) is 0 Å². The maximum Gasteiger partial charge on any atom is 0.137 e. The number of hydrogen-bond acceptors (Lipinski definition) is 4. The van der Waals surface area contributed by atoms with Crippen LogP contribution in [0.4, 0.5) is 0 Å². The van der Waals surface area contributed by atoms with Crippen LogP contribution in [-0.2, 0) is 14.4 Å². The van der Waals surface area contributed by atoms with Crippen LogP contribution in [0.25, 0.3) is 0 Å². The van der Waals surface area contributed by atoms with E-state index in [0.717, 1.165) is 19.3 Å². The van der Waals surface area contributed by atoms with Gasteiger partial charge in [-0.3, -0.25) is 14.4 Å². The first kappa shape index (κ1) is 18.3. The molecule has 0 aromatic rings. The van der Waals surface area contributed by atoms with Gasteiger partial charge in [-0.15, -0.1) is 0 Å². The second-order valence-electron chi connectivity index (χ2n) is 10.3. The summed E-state index contributed by atoms with van der Waals surface area (Å²) in [5.41, 5.74) is -1.80. The average Bonchev–Trinajstić information content (AvgIpc) is 2.87. The first-order valence-corrected chi connectivity index (χ1v) is 10.3. The van der Waals surface area contributed by atoms with Crippen LogP contribution in [0.15, 0.2) is 0 Å². The van der Waals surface area contributed by atoms with Crippen molar-refractivity contribution in [3.05, 3.63) is 0 Å². The molecule has 0 saturated heterocycles. The summed E-state index contributed by atoms with van der Waals surface area (Å²) in [6, 6.07) is 0. The summed E-state index contributed by atoms with van der Waals surface area (Å²) >= 11 is 0. The van der Waals surface area contributed by atoms with Crippen molar-refractivity contribution in [2.24, 2.45) is 40.4 Å². The van der Waals surface area contributed by atoms with E-state index in [4.69, 9.17) is 0 Å². The Morgan fingerprint density at radius 2 is 1.85 bits per heavy atom. The molecule has 26 heavy (non-hydrogen) atoms. The molecule has 4 nitrogen and oxygen atoms in total. The molecule has 4 aliphatic rings. The zero-order valence-corrected chi connectivity index (χ0v) is 16.5. The second-order valence-corrected chi connectivity index (χ2v) is 10.3. The normalized spacial score (nSPS) is 53.7. The molecule has 0 heterocycles. The Kier molecular flexibility index (Phi) is 3.88. The molecule has 144 valence electrons. The van der Waals surface area contributed by atoms with Gasteiger partial charge in [-0.25, -0.2) is 0 Å². The zero-order valence-electron chi connectivity index (χ0n) is 16.5. The minimum Gasteiger partial charge on any atom is -0.389 e. The van der Waals surface area contributed by atoms with Gasteiger partial charge in [0, 0.05) is 36.5 Å². The Morgan fingerprint density at radius 1 is 1.15 bits per heavy atom. The van der Waals surface area contributed by atoms with E-state index in [-0.39, 0.29) is 52.9 Å². The van der Waals surface area contributed by atoms with Crippen LogP contribution in [-0.4, -0.2) is 28.1 Å². The van der Waals surface area contributed by atoms with Gasteiger partial charge in [0.15, 0.2) is 0 Å². The lowest BCUT2D eigenvalue weighted by Gasteiger charge is -2.64. The van der Waals surface area contributed by atoms with E-state index < -0.39 is 11.0 Å². The maximum absolute atomic E-state index is 13.4. The molecular weight excluding hydrogens is 328 g/mol. The minimum absolute atomic E-state index is 0.00419. The Morgan fingerprint density at radius 3 is 2.50 bits per heavy atom. The van der Waals surface area contributed by atoms with Gasteiger partial charge in [0.2, 0.25) is 0 Å². The van der Waals surface area contributed by atoms with Crippen molar-refractivity contribution >= 4 is 17.3 Å². The van der Waals surface area contributed by atoms with Crippen LogP contribution >= 0.6 is 0 Å². The highest BCUT2D eigenvalue weighted by Crippen LogP contribution is 2.68. The van der Waals surface area contributed by atoms with Crippen LogP contribution in [0.3, 0.4) is 0 Å². The molecule has 0 aliphatic heterocycles. The summed E-state index contributed by atoms with van der Waals surface area (Å²) in [5, 5.41) is 11.6. The number of Topliss-reactive ketones (excluding diaryl/α,β-unsaturated/α-hetero) is 3. The molecule has 4 fully saturated rings. The van der Waals surface area contributed by atoms with Crippen molar-refractivity contribution in [3.63, 3.8) is 0 Å². The number of carbonyl (C=O) groups excluding carboxylic acids is 3. The fourth-order valence-electron chi connectivity index (χ4n) is 7.95. The standard InChI is InChI=1S/C22H32O4/c1-12-9-15-17-6-5-16(13(2)23)20(17,3)11-18(25)19(15)21(4)8-7-14(24)10-22(12,21)26/h12,15-17,19,26H,5-11H2,1-4H3/t12-,15-,16-,17+,19-,20+,21+,22-/m0/s1. The predicted molar refractivity (Wildman–Crippen MR) is 97.3 cm³/mol. The molecule has 4 rings (SSSR count). The molecule has 0 radical (unpaired) electrons. The van der Waals surface area contributed by atoms with E-state index >= 15 is 0 Å². The maximum atomic E-state index is 13.4. The molecular formula is C22H32O4. The monoisotopic (exact) mass is 360 g/mol. The van der Waals surface area contributed by atoms with Gasteiger partial charge in [-0.1, -0.05) is 20.8 Å². The summed E-state index contributed by atoms with van der Waals surface area (Å²) in [6.07, 6.45) is 4.42. The Labute approximate surface area is 156 Å². The Bertz CT molecular complexity index is 684. The summed E-state index contributed by atoms with van der Waals surface area (Å²) in [5.74, 6) is 1.01. The lowest BCUT2D eigenvalue weighted by atomic mass is 9.41. The Hall–Kier alpha value is -1.03. The molecule has 4 saturated carbocycles. The van der Waals surface area contributed by atoms with Gasteiger partial charge >= 0.3 is 0 Å². The molecule has 0 unspecified atom stereocenters. The van der Waals surface area contributed by atoms with E-state index in [1.165, 1.54) is 0 Å². The average molecular weight is 360 g/mol. The van der Waals surface area contributed by atoms with E-state index in [1.54, 1.807) is 6.92 Å². The molecule has 0 bridgehead atoms. The van der Waals surface area contributed by atoms with Crippen molar-refractivity contribution in [2.75, 3.05) is 0 Å². The van der Waals surface area contributed by atoms with Gasteiger partial charge in [-0.2, -0.15) is 0 Å². The number of aliphatic hydroxyl groups is 1. The molecule has 0 spiro atoms. The van der Waals surface area contributed by atoms with Crippen molar-refractivity contribution in [1.29, 1.82) is 0 Å². The smallest absolute Gasteiger partial charge is 0.137 e. The summed E-state index contributed by atoms with van der Waals surface area (Å²) in [6.45, 7) is 7.94. The fraction of sp³-hybridized carbons (Fsp3) is 0.864. The highest BCUT2D eigenvalue weighted by molar-refractivity contribution is 5.88. The molecule has 1 N–H and O–H groups in total. The summed E-state index contributed by atoms with van der Waals surface area (Å²) in [4.78, 5) is 37.8. The van der Waals surface area contributed by atoms with Crippen LogP contribution in [0.1, 0.15) is 72.6 Å². The quantitative estimate of drug-likeness (QED) is 0.778. The minimum atomic E-state index is -1.06. The van der Waals surface area contributed by atoms with Gasteiger partial charge in [0.05, 0.1) is 5.60 Å². The predicted octanol–water partition coefficient (Wildman–Crippen LogP) is 3.34. The van der Waals surface area contributed by atoms with E-state index in [9.17, 15) is 19.5 Å². The largest absolute Gasteiger partial charge is 0.389 e. The second kappa shape index (κ2) is 5.50. The topological polar surface area (TPSA) is 71.4 Å². The van der Waals surface area contributed by atoms with Crippen molar-refractivity contribution < 1.29 is 19.5 Å². The molecule has 4 heteroatoms. The first-order valence-electron chi connectivity index (χ1n) is 10.3. The van der Waals surface area contributed by atoms with Crippen molar-refractivity contribution in [3.8, 4) is 0 Å². The van der Waals surface area contributed by atoms with Crippen LogP contribution in [0, 0.1) is 40.4 Å². The SMILES string of the molecule is CC(=O)[C@@H]1CC[C@@H]2[C@@H]3C[C@H](C)[C@@]4(O)CC(=O)CC[C@]4(C)[C@@H]3C(=O)C[C@@]21C. The molecule has 0 aromatic carbocycles. The molecule has 8 atom stereocenters. The zero-order chi connectivity index (χ0) is 19.1. The highest BCUT2D eigenvalue weighted by atomic mass is 16.3. The molecule has 4 aliphatic carbocycles. The van der Waals surface area contributed by atoms with Gasteiger partial charge in [0.25, 0.3) is 0 Å². The Balaban J connectivity index is 1.77. The number of ketones is 3. The van der Waals surface area contributed by atoms with Crippen molar-refractivity contribution in [2.45, 2.75) is 78.2 Å². The molecule has 0 aromatic heterocycles. The van der Waals surface area contributed by atoms with Gasteiger partial charge in [0.1, 0.15) is 17.3 Å². The lowest BCUT2D eigenvalue weighted by molar-refractivity contribution is -0.222. The summed E-state index contributed by atoms with van der Waals surface area (Å²) < 4.78 is 0. The number of fused-ring (bicyclic) bond motifs is 5. The van der Waals surface area contributed by atoms with Crippen LogP contribution in [0.5, 0.6) is 0 Å². The fourth-order valence-corrected chi connectivity index (χ4v) is 7.95. The van der Waals surface area contributed by atoms with E-state index in [2.05, 4.69) is 20.8 Å².